The number of unbranched alkanes of at least 4 members (excludes halogenated alkanes) is 4. The Hall–Kier alpha value is -2.37. The van der Waals surface area contributed by atoms with Gasteiger partial charge in [0.25, 0.3) is 0 Å². The largest absolute Gasteiger partial charge is 0.389 e. The van der Waals surface area contributed by atoms with E-state index in [1.54, 1.807) is 0 Å². The highest BCUT2D eigenvalue weighted by Gasteiger charge is 2.29. The molecule has 3 rings (SSSR count). The molecule has 0 aliphatic carbocycles. The van der Waals surface area contributed by atoms with Gasteiger partial charge >= 0.3 is 0 Å². The molecule has 0 spiro atoms. The zero-order valence-corrected chi connectivity index (χ0v) is 18.6. The summed E-state index contributed by atoms with van der Waals surface area (Å²) < 4.78 is 19.4. The number of hydrogen-bond donors (Lipinski definition) is 1. The first-order valence-electron chi connectivity index (χ1n) is 11.7. The van der Waals surface area contributed by atoms with Crippen LogP contribution in [-0.2, 0) is 9.53 Å². The van der Waals surface area contributed by atoms with Crippen LogP contribution in [0.2, 0.25) is 0 Å². The summed E-state index contributed by atoms with van der Waals surface area (Å²) in [6.45, 7) is 0.377. The van der Waals surface area contributed by atoms with Gasteiger partial charge in [0, 0.05) is 30.9 Å². The van der Waals surface area contributed by atoms with E-state index in [9.17, 15) is 14.0 Å². The lowest BCUT2D eigenvalue weighted by atomic mass is 9.85. The molecule has 0 bridgehead atoms. The SMILES string of the molecule is O=C(CO)CCCCCCCC(=O)c1ccc(C(c2ccc(F)cc2)C2CCCO2)cc1. The molecular weight excluding hydrogens is 407 g/mol. The molecule has 0 radical (unpaired) electrons. The van der Waals surface area contributed by atoms with Crippen molar-refractivity contribution in [3.05, 3.63) is 71.0 Å². The topological polar surface area (TPSA) is 63.6 Å². The molecule has 2 atom stereocenters. The predicted octanol–water partition coefficient (Wildman–Crippen LogP) is 5.61. The number of hydrogen-bond acceptors (Lipinski definition) is 4. The van der Waals surface area contributed by atoms with E-state index in [2.05, 4.69) is 0 Å². The van der Waals surface area contributed by atoms with Crippen molar-refractivity contribution in [3.63, 3.8) is 0 Å². The molecule has 0 amide bonds. The summed E-state index contributed by atoms with van der Waals surface area (Å²) in [7, 11) is 0. The number of aliphatic hydroxyl groups excluding tert-OH is 1. The lowest BCUT2D eigenvalue weighted by Gasteiger charge is -2.24. The Labute approximate surface area is 189 Å². The van der Waals surface area contributed by atoms with Gasteiger partial charge in [-0.3, -0.25) is 9.59 Å². The van der Waals surface area contributed by atoms with E-state index in [0.29, 0.717) is 18.4 Å². The van der Waals surface area contributed by atoms with E-state index in [0.717, 1.165) is 62.7 Å². The number of rotatable bonds is 13. The Balaban J connectivity index is 1.52. The molecule has 2 aromatic rings. The Morgan fingerprint density at radius 3 is 2.09 bits per heavy atom. The molecule has 1 aliphatic rings. The van der Waals surface area contributed by atoms with E-state index in [-0.39, 0.29) is 36.0 Å². The van der Waals surface area contributed by atoms with Gasteiger partial charge in [-0.1, -0.05) is 55.7 Å². The van der Waals surface area contributed by atoms with Gasteiger partial charge in [0.05, 0.1) is 6.10 Å². The van der Waals surface area contributed by atoms with E-state index in [4.69, 9.17) is 9.84 Å². The van der Waals surface area contributed by atoms with Gasteiger partial charge in [-0.25, -0.2) is 4.39 Å². The third-order valence-electron chi connectivity index (χ3n) is 6.19. The lowest BCUT2D eigenvalue weighted by Crippen LogP contribution is -2.19. The minimum atomic E-state index is -0.369. The summed E-state index contributed by atoms with van der Waals surface area (Å²) in [4.78, 5) is 23.6. The Morgan fingerprint density at radius 1 is 0.906 bits per heavy atom. The van der Waals surface area contributed by atoms with Crippen LogP contribution in [0.25, 0.3) is 0 Å². The third-order valence-corrected chi connectivity index (χ3v) is 6.19. The molecule has 1 fully saturated rings. The average Bonchev–Trinajstić information content (AvgIpc) is 3.34. The monoisotopic (exact) mass is 440 g/mol. The van der Waals surface area contributed by atoms with Gasteiger partial charge in [-0.15, -0.1) is 0 Å². The number of carbonyl (C=O) groups excluding carboxylic acids is 2. The van der Waals surface area contributed by atoms with Gasteiger partial charge in [-0.2, -0.15) is 0 Å². The number of carbonyl (C=O) groups is 2. The van der Waals surface area contributed by atoms with Crippen molar-refractivity contribution in [2.24, 2.45) is 0 Å². The van der Waals surface area contributed by atoms with Crippen LogP contribution in [0.1, 0.15) is 85.2 Å². The average molecular weight is 441 g/mol. The van der Waals surface area contributed by atoms with Crippen molar-refractivity contribution in [1.82, 2.24) is 0 Å². The second kappa shape index (κ2) is 12.6. The zero-order chi connectivity index (χ0) is 22.8. The summed E-state index contributed by atoms with van der Waals surface area (Å²) in [5, 5.41) is 8.71. The molecule has 4 nitrogen and oxygen atoms in total. The fourth-order valence-electron chi connectivity index (χ4n) is 4.40. The van der Waals surface area contributed by atoms with Crippen LogP contribution in [-0.4, -0.2) is 36.0 Å². The van der Waals surface area contributed by atoms with Crippen LogP contribution in [0.3, 0.4) is 0 Å². The summed E-state index contributed by atoms with van der Waals surface area (Å²) in [6.07, 6.45) is 7.55. The minimum Gasteiger partial charge on any atom is -0.389 e. The molecule has 32 heavy (non-hydrogen) atoms. The summed E-state index contributed by atoms with van der Waals surface area (Å²) in [5.41, 5.74) is 2.82. The molecule has 5 heteroatoms. The van der Waals surface area contributed by atoms with Crippen LogP contribution in [0.5, 0.6) is 0 Å². The molecule has 0 aromatic heterocycles. The van der Waals surface area contributed by atoms with Crippen LogP contribution < -0.4 is 0 Å². The van der Waals surface area contributed by atoms with Crippen molar-refractivity contribution in [1.29, 1.82) is 0 Å². The Bertz CT molecular complexity index is 854. The van der Waals surface area contributed by atoms with E-state index in [1.165, 1.54) is 12.1 Å². The van der Waals surface area contributed by atoms with Gasteiger partial charge in [-0.05, 0) is 48.9 Å². The third kappa shape index (κ3) is 7.07. The van der Waals surface area contributed by atoms with Gasteiger partial charge in [0.15, 0.2) is 11.6 Å². The molecule has 1 N–H and O–H groups in total. The van der Waals surface area contributed by atoms with Crippen molar-refractivity contribution in [2.75, 3.05) is 13.2 Å². The quantitative estimate of drug-likeness (QED) is 0.325. The highest BCUT2D eigenvalue weighted by atomic mass is 19.1. The van der Waals surface area contributed by atoms with E-state index >= 15 is 0 Å². The number of halogens is 1. The van der Waals surface area contributed by atoms with Crippen LogP contribution in [0, 0.1) is 5.82 Å². The maximum absolute atomic E-state index is 13.4. The van der Waals surface area contributed by atoms with E-state index in [1.807, 2.05) is 36.4 Å². The normalized spacial score (nSPS) is 16.8. The summed E-state index contributed by atoms with van der Waals surface area (Å²) in [5.74, 6) is -0.188. The zero-order valence-electron chi connectivity index (χ0n) is 18.6. The lowest BCUT2D eigenvalue weighted by molar-refractivity contribution is -0.121. The Kier molecular flexibility index (Phi) is 9.57. The van der Waals surface area contributed by atoms with Crippen LogP contribution in [0.4, 0.5) is 4.39 Å². The first-order chi connectivity index (χ1) is 15.6. The molecule has 2 unspecified atom stereocenters. The Morgan fingerprint density at radius 2 is 1.50 bits per heavy atom. The minimum absolute atomic E-state index is 0.0277. The fourth-order valence-corrected chi connectivity index (χ4v) is 4.40. The molecule has 1 saturated heterocycles. The van der Waals surface area contributed by atoms with Gasteiger partial charge < -0.3 is 9.84 Å². The van der Waals surface area contributed by atoms with Gasteiger partial charge in [0.2, 0.25) is 0 Å². The molecule has 0 saturated carbocycles. The number of benzene rings is 2. The second-order valence-corrected chi connectivity index (χ2v) is 8.59. The highest BCUT2D eigenvalue weighted by Crippen LogP contribution is 2.35. The van der Waals surface area contributed by atoms with Crippen LogP contribution in [0.15, 0.2) is 48.5 Å². The first kappa shape index (κ1) is 24.3. The second-order valence-electron chi connectivity index (χ2n) is 8.59. The maximum atomic E-state index is 13.4. The summed E-state index contributed by atoms with van der Waals surface area (Å²) >= 11 is 0. The highest BCUT2D eigenvalue weighted by molar-refractivity contribution is 5.96. The number of ketones is 2. The van der Waals surface area contributed by atoms with E-state index < -0.39 is 0 Å². The van der Waals surface area contributed by atoms with Crippen molar-refractivity contribution < 1.29 is 23.8 Å². The number of aliphatic hydroxyl groups is 1. The molecular formula is C27H33FO4. The van der Waals surface area contributed by atoms with Gasteiger partial charge in [0.1, 0.15) is 12.4 Å². The molecule has 172 valence electrons. The van der Waals surface area contributed by atoms with Crippen molar-refractivity contribution in [3.8, 4) is 0 Å². The molecule has 1 heterocycles. The van der Waals surface area contributed by atoms with Crippen molar-refractivity contribution >= 4 is 11.6 Å². The first-order valence-corrected chi connectivity index (χ1v) is 11.7. The number of ether oxygens (including phenoxy) is 1. The summed E-state index contributed by atoms with van der Waals surface area (Å²) in [6, 6.07) is 14.4. The smallest absolute Gasteiger partial charge is 0.162 e. The fraction of sp³-hybridized carbons (Fsp3) is 0.481. The van der Waals surface area contributed by atoms with Crippen LogP contribution >= 0.6 is 0 Å². The maximum Gasteiger partial charge on any atom is 0.162 e. The standard InChI is InChI=1S/C27H33FO4/c28-23-16-14-22(15-17-23)27(26-9-6-18-32-26)21-12-10-20(11-13-21)25(31)8-5-3-1-2-4-7-24(30)19-29/h10-17,26-27,29H,1-9,18-19H2. The number of Topliss-reactive ketones (excluding diaryl/α,β-unsaturated/α-hetero) is 2. The van der Waals surface area contributed by atoms with Crippen molar-refractivity contribution in [2.45, 2.75) is 69.8 Å². The predicted molar refractivity (Wildman–Crippen MR) is 122 cm³/mol. The molecule has 1 aliphatic heterocycles. The molecule has 2 aromatic carbocycles.